The molecule has 2 rings (SSSR count). The first kappa shape index (κ1) is 12.9. The van der Waals surface area contributed by atoms with E-state index in [0.29, 0.717) is 11.5 Å². The molecule has 3 nitrogen and oxygen atoms in total. The van der Waals surface area contributed by atoms with Crippen molar-refractivity contribution in [3.05, 3.63) is 60.5 Å². The van der Waals surface area contributed by atoms with Gasteiger partial charge in [-0.1, -0.05) is 0 Å². The quantitative estimate of drug-likeness (QED) is 0.828. The van der Waals surface area contributed by atoms with Crippen molar-refractivity contribution < 1.29 is 13.9 Å². The van der Waals surface area contributed by atoms with Gasteiger partial charge in [-0.15, -0.1) is 0 Å². The predicted octanol–water partition coefficient (Wildman–Crippen LogP) is 4.05. The van der Waals surface area contributed by atoms with E-state index in [1.54, 1.807) is 37.8 Å². The van der Waals surface area contributed by atoms with E-state index in [1.165, 1.54) is 12.1 Å². The van der Waals surface area contributed by atoms with Gasteiger partial charge < -0.3 is 9.47 Å². The van der Waals surface area contributed by atoms with Crippen molar-refractivity contribution in [2.24, 2.45) is 0 Å². The Labute approximate surface area is 110 Å². The number of nitrogens with zero attached hydrogens (tertiary/aromatic N) is 1. The highest BCUT2D eigenvalue weighted by Gasteiger charge is 2.06. The fourth-order valence-electron chi connectivity index (χ4n) is 1.50. The number of rotatable bonds is 4. The van der Waals surface area contributed by atoms with Crippen molar-refractivity contribution in [1.29, 1.82) is 5.26 Å². The second-order valence-electron chi connectivity index (χ2n) is 3.68. The molecule has 0 aliphatic heterocycles. The van der Waals surface area contributed by atoms with Crippen molar-refractivity contribution in [1.82, 2.24) is 0 Å². The van der Waals surface area contributed by atoms with Crippen LogP contribution in [0.3, 0.4) is 0 Å². The Morgan fingerprint density at radius 1 is 1.11 bits per heavy atom. The summed E-state index contributed by atoms with van der Waals surface area (Å²) in [6.07, 6.45) is 0. The van der Waals surface area contributed by atoms with Gasteiger partial charge in [-0.25, -0.2) is 4.39 Å². The molecule has 0 fully saturated rings. The van der Waals surface area contributed by atoms with Gasteiger partial charge in [0.2, 0.25) is 0 Å². The Kier molecular flexibility index (Phi) is 3.99. The summed E-state index contributed by atoms with van der Waals surface area (Å²) in [5.41, 5.74) is 0.257. The van der Waals surface area contributed by atoms with Gasteiger partial charge in [0.1, 0.15) is 18.1 Å². The molecule has 0 saturated heterocycles. The van der Waals surface area contributed by atoms with Gasteiger partial charge in [0, 0.05) is 0 Å². The summed E-state index contributed by atoms with van der Waals surface area (Å²) >= 11 is 0. The third-order valence-corrected chi connectivity index (χ3v) is 2.37. The summed E-state index contributed by atoms with van der Waals surface area (Å²) in [7, 11) is 0. The molecule has 0 atom stereocenters. The van der Waals surface area contributed by atoms with Crippen LogP contribution in [0.5, 0.6) is 17.2 Å². The SMILES string of the molecule is C[CH]Oc1ccc(Oc2ccc(C#N)cc2F)cc1. The molecule has 0 bridgehead atoms. The summed E-state index contributed by atoms with van der Waals surface area (Å²) in [5.74, 6) is 0.679. The molecule has 0 aliphatic carbocycles. The minimum Gasteiger partial charge on any atom is -0.487 e. The van der Waals surface area contributed by atoms with E-state index in [4.69, 9.17) is 14.7 Å². The minimum absolute atomic E-state index is 0.0784. The van der Waals surface area contributed by atoms with Crippen molar-refractivity contribution >= 4 is 0 Å². The molecule has 1 radical (unpaired) electrons. The Bertz CT molecular complexity index is 603. The summed E-state index contributed by atoms with van der Waals surface area (Å²) in [6, 6.07) is 12.7. The highest BCUT2D eigenvalue weighted by atomic mass is 19.1. The fraction of sp³-hybridized carbons (Fsp3) is 0.0667. The first-order chi connectivity index (χ1) is 9.22. The van der Waals surface area contributed by atoms with Crippen molar-refractivity contribution in [3.8, 4) is 23.3 Å². The Hall–Kier alpha value is -2.54. The molecule has 2 aromatic rings. The lowest BCUT2D eigenvalue weighted by Gasteiger charge is -2.08. The van der Waals surface area contributed by atoms with Crippen LogP contribution in [-0.2, 0) is 0 Å². The molecular formula is C15H11FNO2. The van der Waals surface area contributed by atoms with Crippen LogP contribution in [0.4, 0.5) is 4.39 Å². The zero-order valence-corrected chi connectivity index (χ0v) is 10.3. The van der Waals surface area contributed by atoms with Gasteiger partial charge in [0.05, 0.1) is 11.6 Å². The molecule has 2 aromatic carbocycles. The summed E-state index contributed by atoms with van der Waals surface area (Å²) in [4.78, 5) is 0. The largest absolute Gasteiger partial charge is 0.487 e. The van der Waals surface area contributed by atoms with Gasteiger partial charge >= 0.3 is 0 Å². The maximum Gasteiger partial charge on any atom is 0.167 e. The first-order valence-electron chi connectivity index (χ1n) is 5.65. The Morgan fingerprint density at radius 2 is 1.79 bits per heavy atom. The molecule has 0 aliphatic rings. The zero-order chi connectivity index (χ0) is 13.7. The molecule has 0 unspecified atom stereocenters. The number of ether oxygens (including phenoxy) is 2. The van der Waals surface area contributed by atoms with E-state index in [-0.39, 0.29) is 11.3 Å². The number of benzene rings is 2. The molecular weight excluding hydrogens is 245 g/mol. The van der Waals surface area contributed by atoms with Crippen LogP contribution >= 0.6 is 0 Å². The molecule has 0 heterocycles. The van der Waals surface area contributed by atoms with Crippen LogP contribution in [0.2, 0.25) is 0 Å². The van der Waals surface area contributed by atoms with Crippen LogP contribution < -0.4 is 9.47 Å². The van der Waals surface area contributed by atoms with Crippen molar-refractivity contribution in [2.45, 2.75) is 6.92 Å². The van der Waals surface area contributed by atoms with Gasteiger partial charge in [0.15, 0.2) is 11.6 Å². The maximum absolute atomic E-state index is 13.6. The topological polar surface area (TPSA) is 42.2 Å². The third kappa shape index (κ3) is 3.23. The van der Waals surface area contributed by atoms with E-state index in [9.17, 15) is 4.39 Å². The van der Waals surface area contributed by atoms with Gasteiger partial charge in [-0.3, -0.25) is 0 Å². The summed E-state index contributed by atoms with van der Waals surface area (Å²) in [6.45, 7) is 3.34. The van der Waals surface area contributed by atoms with Gasteiger partial charge in [-0.05, 0) is 49.4 Å². The zero-order valence-electron chi connectivity index (χ0n) is 10.3. The summed E-state index contributed by atoms with van der Waals surface area (Å²) in [5, 5.41) is 8.65. The predicted molar refractivity (Wildman–Crippen MR) is 68.2 cm³/mol. The fourth-order valence-corrected chi connectivity index (χ4v) is 1.50. The third-order valence-electron chi connectivity index (χ3n) is 2.37. The lowest BCUT2D eigenvalue weighted by atomic mass is 10.2. The molecule has 19 heavy (non-hydrogen) atoms. The number of hydrogen-bond donors (Lipinski definition) is 0. The van der Waals surface area contributed by atoms with Crippen molar-refractivity contribution in [3.63, 3.8) is 0 Å². The van der Waals surface area contributed by atoms with Crippen LogP contribution in [0.15, 0.2) is 42.5 Å². The van der Waals surface area contributed by atoms with Crippen molar-refractivity contribution in [2.75, 3.05) is 0 Å². The average molecular weight is 256 g/mol. The normalized spacial score (nSPS) is 9.74. The lowest BCUT2D eigenvalue weighted by molar-refractivity contribution is 0.412. The minimum atomic E-state index is -0.568. The second-order valence-corrected chi connectivity index (χ2v) is 3.68. The molecule has 0 amide bonds. The van der Waals surface area contributed by atoms with E-state index in [0.717, 1.165) is 6.07 Å². The van der Waals surface area contributed by atoms with E-state index < -0.39 is 5.82 Å². The second kappa shape index (κ2) is 5.87. The number of hydrogen-bond acceptors (Lipinski definition) is 3. The average Bonchev–Trinajstić information content (AvgIpc) is 2.43. The summed E-state index contributed by atoms with van der Waals surface area (Å²) < 4.78 is 24.2. The number of nitriles is 1. The van der Waals surface area contributed by atoms with Gasteiger partial charge in [-0.2, -0.15) is 5.26 Å². The van der Waals surface area contributed by atoms with Crippen LogP contribution in [0.1, 0.15) is 12.5 Å². The molecule has 0 N–H and O–H groups in total. The maximum atomic E-state index is 13.6. The Morgan fingerprint density at radius 3 is 2.37 bits per heavy atom. The highest BCUT2D eigenvalue weighted by molar-refractivity contribution is 5.39. The molecule has 4 heteroatoms. The first-order valence-corrected chi connectivity index (χ1v) is 5.65. The van der Waals surface area contributed by atoms with E-state index in [2.05, 4.69) is 0 Å². The van der Waals surface area contributed by atoms with E-state index in [1.807, 2.05) is 6.07 Å². The lowest BCUT2D eigenvalue weighted by Crippen LogP contribution is -1.90. The van der Waals surface area contributed by atoms with Crippen LogP contribution in [0, 0.1) is 23.8 Å². The van der Waals surface area contributed by atoms with Gasteiger partial charge in [0.25, 0.3) is 0 Å². The molecule has 0 saturated carbocycles. The smallest absolute Gasteiger partial charge is 0.167 e. The monoisotopic (exact) mass is 256 g/mol. The molecule has 0 spiro atoms. The molecule has 95 valence electrons. The standard InChI is InChI=1S/C15H11FNO2/c1-2-18-12-4-6-13(7-5-12)19-15-8-3-11(10-17)9-14(15)16/h2-9H,1H3. The Balaban J connectivity index is 2.15. The van der Waals surface area contributed by atoms with Crippen LogP contribution in [-0.4, -0.2) is 0 Å². The van der Waals surface area contributed by atoms with E-state index >= 15 is 0 Å². The van der Waals surface area contributed by atoms with Crippen LogP contribution in [0.25, 0.3) is 0 Å². The highest BCUT2D eigenvalue weighted by Crippen LogP contribution is 2.26. The molecule has 0 aromatic heterocycles. The number of halogens is 1.